The summed E-state index contributed by atoms with van der Waals surface area (Å²) in [5.74, 6) is 1.30. The van der Waals surface area contributed by atoms with E-state index in [1.807, 2.05) is 35.8 Å². The third-order valence-corrected chi connectivity index (χ3v) is 5.22. The summed E-state index contributed by atoms with van der Waals surface area (Å²) >= 11 is 6.46. The lowest BCUT2D eigenvalue weighted by Crippen LogP contribution is -2.34. The maximum Gasteiger partial charge on any atom is 0.261 e. The predicted molar refractivity (Wildman–Crippen MR) is 86.9 cm³/mol. The van der Waals surface area contributed by atoms with Crippen molar-refractivity contribution in [1.29, 1.82) is 0 Å². The van der Waals surface area contributed by atoms with E-state index >= 15 is 0 Å². The minimum atomic E-state index is -0.218. The molecule has 1 saturated carbocycles. The SMILES string of the molecule is CCC(Cl)c1nc2ccccc2c(=O)n1C(C)C1CCC1. The number of hydrogen-bond acceptors (Lipinski definition) is 2. The van der Waals surface area contributed by atoms with Crippen molar-refractivity contribution in [2.45, 2.75) is 50.9 Å². The number of fused-ring (bicyclic) bond motifs is 1. The summed E-state index contributed by atoms with van der Waals surface area (Å²) in [5.41, 5.74) is 0.794. The Labute approximate surface area is 130 Å². The van der Waals surface area contributed by atoms with Gasteiger partial charge in [-0.2, -0.15) is 0 Å². The van der Waals surface area contributed by atoms with Gasteiger partial charge in [-0.15, -0.1) is 11.6 Å². The average Bonchev–Trinajstić information content (AvgIpc) is 2.44. The number of benzene rings is 1. The first-order valence-electron chi connectivity index (χ1n) is 7.78. The van der Waals surface area contributed by atoms with Crippen LogP contribution in [0.2, 0.25) is 0 Å². The van der Waals surface area contributed by atoms with Gasteiger partial charge in [0.2, 0.25) is 0 Å². The van der Waals surface area contributed by atoms with E-state index < -0.39 is 0 Å². The number of aromatic nitrogens is 2. The fourth-order valence-corrected chi connectivity index (χ4v) is 3.25. The zero-order chi connectivity index (χ0) is 15.0. The summed E-state index contributed by atoms with van der Waals surface area (Å²) in [5, 5.41) is 0.470. The van der Waals surface area contributed by atoms with Crippen molar-refractivity contribution < 1.29 is 0 Å². The third kappa shape index (κ3) is 2.48. The van der Waals surface area contributed by atoms with Crippen LogP contribution in [0.5, 0.6) is 0 Å². The first-order valence-corrected chi connectivity index (χ1v) is 8.22. The van der Waals surface area contributed by atoms with Gasteiger partial charge in [-0.25, -0.2) is 4.98 Å². The van der Waals surface area contributed by atoms with Crippen LogP contribution in [-0.4, -0.2) is 9.55 Å². The molecule has 2 atom stereocenters. The summed E-state index contributed by atoms with van der Waals surface area (Å²) in [6, 6.07) is 7.71. The normalized spacial score (nSPS) is 18.4. The molecule has 0 radical (unpaired) electrons. The van der Waals surface area contributed by atoms with Gasteiger partial charge in [0.25, 0.3) is 5.56 Å². The largest absolute Gasteiger partial charge is 0.292 e. The van der Waals surface area contributed by atoms with Crippen molar-refractivity contribution in [2.75, 3.05) is 0 Å². The lowest BCUT2D eigenvalue weighted by molar-refractivity contribution is 0.214. The topological polar surface area (TPSA) is 34.9 Å². The van der Waals surface area contributed by atoms with E-state index in [-0.39, 0.29) is 17.0 Å². The second-order valence-electron chi connectivity index (χ2n) is 5.97. The molecule has 0 spiro atoms. The van der Waals surface area contributed by atoms with E-state index in [9.17, 15) is 4.79 Å². The molecule has 1 aliphatic carbocycles. The Morgan fingerprint density at radius 2 is 2.10 bits per heavy atom. The Kier molecular flexibility index (Phi) is 4.03. The van der Waals surface area contributed by atoms with Crippen molar-refractivity contribution >= 4 is 22.5 Å². The maximum absolute atomic E-state index is 12.9. The van der Waals surface area contributed by atoms with Crippen molar-refractivity contribution in [3.8, 4) is 0 Å². The molecule has 1 fully saturated rings. The fraction of sp³-hybridized carbons (Fsp3) is 0.529. The molecule has 3 rings (SSSR count). The molecule has 0 N–H and O–H groups in total. The molecule has 112 valence electrons. The van der Waals surface area contributed by atoms with Gasteiger partial charge in [-0.3, -0.25) is 9.36 Å². The number of rotatable bonds is 4. The molecular formula is C17H21ClN2O. The van der Waals surface area contributed by atoms with E-state index in [0.29, 0.717) is 11.3 Å². The summed E-state index contributed by atoms with van der Waals surface area (Å²) in [6.07, 6.45) is 4.42. The molecule has 0 saturated heterocycles. The van der Waals surface area contributed by atoms with Crippen LogP contribution >= 0.6 is 11.6 Å². The molecule has 1 aromatic carbocycles. The van der Waals surface area contributed by atoms with E-state index in [0.717, 1.165) is 17.8 Å². The lowest BCUT2D eigenvalue weighted by Gasteiger charge is -2.34. The molecule has 21 heavy (non-hydrogen) atoms. The van der Waals surface area contributed by atoms with E-state index in [1.54, 1.807) is 0 Å². The Hall–Kier alpha value is -1.35. The zero-order valence-electron chi connectivity index (χ0n) is 12.6. The van der Waals surface area contributed by atoms with Crippen LogP contribution in [0.1, 0.15) is 56.8 Å². The number of nitrogens with zero attached hydrogens (tertiary/aromatic N) is 2. The molecule has 1 heterocycles. The first kappa shape index (κ1) is 14.6. The number of para-hydroxylation sites is 1. The van der Waals surface area contributed by atoms with E-state index in [2.05, 4.69) is 6.92 Å². The molecular weight excluding hydrogens is 284 g/mol. The highest BCUT2D eigenvalue weighted by Crippen LogP contribution is 2.37. The molecule has 4 heteroatoms. The minimum Gasteiger partial charge on any atom is -0.292 e. The van der Waals surface area contributed by atoms with Crippen LogP contribution in [0.15, 0.2) is 29.1 Å². The van der Waals surface area contributed by atoms with Gasteiger partial charge < -0.3 is 0 Å². The Morgan fingerprint density at radius 1 is 1.38 bits per heavy atom. The van der Waals surface area contributed by atoms with Gasteiger partial charge in [0.05, 0.1) is 16.3 Å². The van der Waals surface area contributed by atoms with Crippen LogP contribution in [0.4, 0.5) is 0 Å². The Balaban J connectivity index is 2.22. The van der Waals surface area contributed by atoms with Crippen molar-refractivity contribution in [3.05, 3.63) is 40.4 Å². The monoisotopic (exact) mass is 304 g/mol. The molecule has 0 amide bonds. The Morgan fingerprint density at radius 3 is 2.71 bits per heavy atom. The second kappa shape index (κ2) is 5.80. The number of alkyl halides is 1. The van der Waals surface area contributed by atoms with Crippen molar-refractivity contribution in [3.63, 3.8) is 0 Å². The fourth-order valence-electron chi connectivity index (χ4n) is 3.09. The highest BCUT2D eigenvalue weighted by Gasteiger charge is 2.29. The van der Waals surface area contributed by atoms with Gasteiger partial charge >= 0.3 is 0 Å². The van der Waals surface area contributed by atoms with Crippen molar-refractivity contribution in [1.82, 2.24) is 9.55 Å². The number of hydrogen-bond donors (Lipinski definition) is 0. The maximum atomic E-state index is 12.9. The molecule has 3 nitrogen and oxygen atoms in total. The molecule has 2 aromatic rings. The highest BCUT2D eigenvalue weighted by atomic mass is 35.5. The van der Waals surface area contributed by atoms with Crippen molar-refractivity contribution in [2.24, 2.45) is 5.92 Å². The summed E-state index contributed by atoms with van der Waals surface area (Å²) in [7, 11) is 0. The average molecular weight is 305 g/mol. The molecule has 0 aliphatic heterocycles. The van der Waals surface area contributed by atoms with Gasteiger partial charge in [-0.1, -0.05) is 25.5 Å². The highest BCUT2D eigenvalue weighted by molar-refractivity contribution is 6.20. The predicted octanol–water partition coefficient (Wildman–Crippen LogP) is 4.45. The second-order valence-corrected chi connectivity index (χ2v) is 6.50. The van der Waals surface area contributed by atoms with Crippen LogP contribution < -0.4 is 5.56 Å². The summed E-state index contributed by atoms with van der Waals surface area (Å²) < 4.78 is 1.85. The zero-order valence-corrected chi connectivity index (χ0v) is 13.3. The first-order chi connectivity index (χ1) is 10.1. The third-order valence-electron chi connectivity index (χ3n) is 4.71. The van der Waals surface area contributed by atoms with Crippen LogP contribution in [-0.2, 0) is 0 Å². The van der Waals surface area contributed by atoms with E-state index in [4.69, 9.17) is 16.6 Å². The smallest absolute Gasteiger partial charge is 0.261 e. The summed E-state index contributed by atoms with van der Waals surface area (Å²) in [6.45, 7) is 4.15. The standard InChI is InChI=1S/C17H21ClN2O/c1-3-14(18)16-19-15-10-5-4-9-13(15)17(21)20(16)11(2)12-7-6-8-12/h4-5,9-12,14H,3,6-8H2,1-2H3. The van der Waals surface area contributed by atoms with Crippen LogP contribution in [0, 0.1) is 5.92 Å². The minimum absolute atomic E-state index is 0.0501. The molecule has 1 aliphatic rings. The van der Waals surface area contributed by atoms with E-state index in [1.165, 1.54) is 19.3 Å². The molecule has 1 aromatic heterocycles. The van der Waals surface area contributed by atoms with Crippen LogP contribution in [0.25, 0.3) is 10.9 Å². The molecule has 0 bridgehead atoms. The lowest BCUT2D eigenvalue weighted by atomic mass is 9.80. The number of halogens is 1. The van der Waals surface area contributed by atoms with Gasteiger partial charge in [0.1, 0.15) is 5.82 Å². The quantitative estimate of drug-likeness (QED) is 0.782. The van der Waals surface area contributed by atoms with Gasteiger partial charge in [0, 0.05) is 6.04 Å². The Bertz CT molecular complexity index is 705. The van der Waals surface area contributed by atoms with Crippen LogP contribution in [0.3, 0.4) is 0 Å². The van der Waals surface area contributed by atoms with Gasteiger partial charge in [0.15, 0.2) is 0 Å². The van der Waals surface area contributed by atoms with Gasteiger partial charge in [-0.05, 0) is 44.2 Å². The molecule has 2 unspecified atom stereocenters. The summed E-state index contributed by atoms with van der Waals surface area (Å²) in [4.78, 5) is 17.6.